The van der Waals surface area contributed by atoms with E-state index in [9.17, 15) is 0 Å². The second-order valence-corrected chi connectivity index (χ2v) is 7.78. The van der Waals surface area contributed by atoms with E-state index in [0.29, 0.717) is 0 Å². The Kier molecular flexibility index (Phi) is 4.29. The molecule has 0 saturated carbocycles. The van der Waals surface area contributed by atoms with Crippen LogP contribution in [-0.4, -0.2) is 27.6 Å². The average Bonchev–Trinajstić information content (AvgIpc) is 3.37. The van der Waals surface area contributed by atoms with Crippen LogP contribution in [0.25, 0.3) is 27.8 Å². The van der Waals surface area contributed by atoms with Crippen molar-refractivity contribution in [2.75, 3.05) is 18.0 Å². The molecule has 140 valence electrons. The molecule has 5 heteroatoms. The average molecular weight is 389 g/mol. The minimum atomic E-state index is 0.738. The highest BCUT2D eigenvalue weighted by Gasteiger charge is 2.22. The van der Waals surface area contributed by atoms with Crippen LogP contribution in [0, 0.1) is 6.92 Å². The first-order valence-electron chi connectivity index (χ1n) is 9.65. The van der Waals surface area contributed by atoms with Crippen molar-refractivity contribution in [1.82, 2.24) is 14.5 Å². The van der Waals surface area contributed by atoms with E-state index in [1.165, 1.54) is 18.4 Å². The van der Waals surface area contributed by atoms with Crippen molar-refractivity contribution < 1.29 is 0 Å². The van der Waals surface area contributed by atoms with Gasteiger partial charge in [-0.15, -0.1) is 0 Å². The number of rotatable bonds is 3. The van der Waals surface area contributed by atoms with Crippen LogP contribution in [0.2, 0.25) is 5.02 Å². The SMILES string of the molecule is Cc1ccc(-n2cc(-c3ccc(Cl)cc3)c3c(N4CCCC4)ncnc32)cc1. The zero-order valence-electron chi connectivity index (χ0n) is 15.8. The van der Waals surface area contributed by atoms with E-state index in [2.05, 4.69) is 69.0 Å². The standard InChI is InChI=1S/C23H21ClN4/c1-16-4-10-19(11-5-16)28-14-20(17-6-8-18(24)9-7-17)21-22(25-15-26-23(21)28)27-12-2-3-13-27/h4-11,14-15H,2-3,12-13H2,1H3. The molecule has 0 bridgehead atoms. The van der Waals surface area contributed by atoms with E-state index < -0.39 is 0 Å². The Labute approximate surface area is 169 Å². The first-order valence-corrected chi connectivity index (χ1v) is 10.0. The van der Waals surface area contributed by atoms with Crippen LogP contribution >= 0.6 is 11.6 Å². The maximum atomic E-state index is 6.13. The van der Waals surface area contributed by atoms with Crippen LogP contribution in [0.4, 0.5) is 5.82 Å². The van der Waals surface area contributed by atoms with Gasteiger partial charge in [0.25, 0.3) is 0 Å². The van der Waals surface area contributed by atoms with Crippen molar-refractivity contribution in [3.05, 3.63) is 71.6 Å². The van der Waals surface area contributed by atoms with E-state index in [0.717, 1.165) is 51.8 Å². The van der Waals surface area contributed by atoms with Gasteiger partial charge in [0, 0.05) is 35.6 Å². The predicted octanol–water partition coefficient (Wildman–Crippen LogP) is 5.65. The maximum absolute atomic E-state index is 6.13. The zero-order chi connectivity index (χ0) is 19.1. The summed E-state index contributed by atoms with van der Waals surface area (Å²) in [6.45, 7) is 4.19. The minimum Gasteiger partial charge on any atom is -0.356 e. The second-order valence-electron chi connectivity index (χ2n) is 7.35. The number of halogens is 1. The maximum Gasteiger partial charge on any atom is 0.150 e. The predicted molar refractivity (Wildman–Crippen MR) is 115 cm³/mol. The fraction of sp³-hybridized carbons (Fsp3) is 0.217. The van der Waals surface area contributed by atoms with Gasteiger partial charge in [0.05, 0.1) is 5.39 Å². The van der Waals surface area contributed by atoms with Crippen molar-refractivity contribution in [1.29, 1.82) is 0 Å². The number of benzene rings is 2. The highest BCUT2D eigenvalue weighted by atomic mass is 35.5. The number of nitrogens with zero attached hydrogens (tertiary/aromatic N) is 4. The van der Waals surface area contributed by atoms with Gasteiger partial charge in [-0.25, -0.2) is 9.97 Å². The lowest BCUT2D eigenvalue weighted by Gasteiger charge is -2.17. The molecule has 2 aromatic carbocycles. The van der Waals surface area contributed by atoms with Crippen molar-refractivity contribution >= 4 is 28.5 Å². The smallest absolute Gasteiger partial charge is 0.150 e. The molecular weight excluding hydrogens is 368 g/mol. The highest BCUT2D eigenvalue weighted by Crippen LogP contribution is 2.37. The van der Waals surface area contributed by atoms with Gasteiger partial charge >= 0.3 is 0 Å². The fourth-order valence-corrected chi connectivity index (χ4v) is 4.09. The number of aryl methyl sites for hydroxylation is 1. The van der Waals surface area contributed by atoms with E-state index in [4.69, 9.17) is 11.6 Å². The second kappa shape index (κ2) is 6.95. The van der Waals surface area contributed by atoms with E-state index >= 15 is 0 Å². The zero-order valence-corrected chi connectivity index (χ0v) is 16.5. The Bertz CT molecular complexity index is 1120. The molecule has 1 saturated heterocycles. The summed E-state index contributed by atoms with van der Waals surface area (Å²) in [6, 6.07) is 16.5. The Morgan fingerprint density at radius 2 is 1.61 bits per heavy atom. The molecule has 0 aliphatic carbocycles. The Hall–Kier alpha value is -2.85. The molecule has 4 nitrogen and oxygen atoms in total. The first kappa shape index (κ1) is 17.3. The molecule has 0 amide bonds. The number of aromatic nitrogens is 3. The Balaban J connectivity index is 1.78. The molecule has 0 unspecified atom stereocenters. The Morgan fingerprint density at radius 3 is 2.32 bits per heavy atom. The summed E-state index contributed by atoms with van der Waals surface area (Å²) in [7, 11) is 0. The van der Waals surface area contributed by atoms with E-state index in [-0.39, 0.29) is 0 Å². The van der Waals surface area contributed by atoms with Crippen LogP contribution in [0.5, 0.6) is 0 Å². The monoisotopic (exact) mass is 388 g/mol. The molecule has 1 aliphatic heterocycles. The van der Waals surface area contributed by atoms with Gasteiger partial charge in [-0.3, -0.25) is 0 Å². The molecule has 0 N–H and O–H groups in total. The molecule has 2 aromatic heterocycles. The van der Waals surface area contributed by atoms with Gasteiger partial charge < -0.3 is 9.47 Å². The third-order valence-corrected chi connectivity index (χ3v) is 5.69. The summed E-state index contributed by atoms with van der Waals surface area (Å²) in [5.74, 6) is 1.03. The van der Waals surface area contributed by atoms with Crippen molar-refractivity contribution in [2.45, 2.75) is 19.8 Å². The third kappa shape index (κ3) is 2.94. The number of hydrogen-bond acceptors (Lipinski definition) is 3. The Morgan fingerprint density at radius 1 is 0.893 bits per heavy atom. The molecule has 0 atom stereocenters. The van der Waals surface area contributed by atoms with Gasteiger partial charge in [-0.05, 0) is 49.6 Å². The normalized spacial score (nSPS) is 14.1. The minimum absolute atomic E-state index is 0.738. The third-order valence-electron chi connectivity index (χ3n) is 5.44. The molecular formula is C23H21ClN4. The van der Waals surface area contributed by atoms with Crippen molar-refractivity contribution in [2.24, 2.45) is 0 Å². The number of fused-ring (bicyclic) bond motifs is 1. The highest BCUT2D eigenvalue weighted by molar-refractivity contribution is 6.30. The summed E-state index contributed by atoms with van der Waals surface area (Å²) in [6.07, 6.45) is 6.28. The lowest BCUT2D eigenvalue weighted by Crippen LogP contribution is -2.19. The largest absolute Gasteiger partial charge is 0.356 e. The summed E-state index contributed by atoms with van der Waals surface area (Å²) >= 11 is 6.13. The first-order chi connectivity index (χ1) is 13.7. The quantitative estimate of drug-likeness (QED) is 0.454. The van der Waals surface area contributed by atoms with Crippen LogP contribution < -0.4 is 4.90 Å². The molecule has 5 rings (SSSR count). The van der Waals surface area contributed by atoms with Crippen LogP contribution in [0.3, 0.4) is 0 Å². The molecule has 3 heterocycles. The molecule has 28 heavy (non-hydrogen) atoms. The van der Waals surface area contributed by atoms with Crippen LogP contribution in [0.15, 0.2) is 61.1 Å². The van der Waals surface area contributed by atoms with E-state index in [1.54, 1.807) is 6.33 Å². The van der Waals surface area contributed by atoms with Gasteiger partial charge in [0.2, 0.25) is 0 Å². The topological polar surface area (TPSA) is 34.0 Å². The van der Waals surface area contributed by atoms with Crippen LogP contribution in [-0.2, 0) is 0 Å². The van der Waals surface area contributed by atoms with Crippen molar-refractivity contribution in [3.8, 4) is 16.8 Å². The fourth-order valence-electron chi connectivity index (χ4n) is 3.96. The summed E-state index contributed by atoms with van der Waals surface area (Å²) < 4.78 is 2.17. The van der Waals surface area contributed by atoms with Gasteiger partial charge in [-0.2, -0.15) is 0 Å². The van der Waals surface area contributed by atoms with Crippen LogP contribution in [0.1, 0.15) is 18.4 Å². The van der Waals surface area contributed by atoms with Gasteiger partial charge in [-0.1, -0.05) is 41.4 Å². The van der Waals surface area contributed by atoms with Crippen molar-refractivity contribution in [3.63, 3.8) is 0 Å². The summed E-state index contributed by atoms with van der Waals surface area (Å²) in [5, 5.41) is 1.84. The lowest BCUT2D eigenvalue weighted by molar-refractivity contribution is 0.937. The van der Waals surface area contributed by atoms with Gasteiger partial charge in [0.15, 0.2) is 5.65 Å². The molecule has 1 aliphatic rings. The molecule has 1 fully saturated rings. The van der Waals surface area contributed by atoms with E-state index in [1.807, 2.05) is 12.1 Å². The molecule has 0 spiro atoms. The number of hydrogen-bond donors (Lipinski definition) is 0. The van der Waals surface area contributed by atoms with Gasteiger partial charge in [0.1, 0.15) is 12.1 Å². The lowest BCUT2D eigenvalue weighted by atomic mass is 10.1. The molecule has 4 aromatic rings. The summed E-state index contributed by atoms with van der Waals surface area (Å²) in [5.41, 5.74) is 5.53. The summed E-state index contributed by atoms with van der Waals surface area (Å²) in [4.78, 5) is 11.7. The molecule has 0 radical (unpaired) electrons. The number of anilines is 1.